The van der Waals surface area contributed by atoms with Crippen molar-refractivity contribution in [3.63, 3.8) is 0 Å². The van der Waals surface area contributed by atoms with Crippen LogP contribution in [-0.2, 0) is 6.61 Å². The molecule has 3 aromatic rings. The fourth-order valence-electron chi connectivity index (χ4n) is 1.61. The third kappa shape index (κ3) is 1.82. The minimum absolute atomic E-state index is 0.0805. The first kappa shape index (κ1) is 10.7. The van der Waals surface area contributed by atoms with E-state index >= 15 is 0 Å². The van der Waals surface area contributed by atoms with Crippen molar-refractivity contribution in [1.82, 2.24) is 14.6 Å². The van der Waals surface area contributed by atoms with Crippen LogP contribution in [0.3, 0.4) is 0 Å². The monoisotopic (exact) mass is 265 g/mol. The number of aliphatic hydroxyl groups is 1. The van der Waals surface area contributed by atoms with Gasteiger partial charge in [-0.05, 0) is 24.3 Å². The summed E-state index contributed by atoms with van der Waals surface area (Å²) in [6.45, 7) is -0.0805. The second-order valence-corrected chi connectivity index (χ2v) is 5.22. The van der Waals surface area contributed by atoms with Gasteiger partial charge < -0.3 is 5.11 Å². The summed E-state index contributed by atoms with van der Waals surface area (Å²) in [4.78, 5) is 5.14. The Morgan fingerprint density at radius 2 is 2.18 bits per heavy atom. The molecule has 0 fully saturated rings. The van der Waals surface area contributed by atoms with Crippen LogP contribution >= 0.6 is 22.9 Å². The molecule has 0 amide bonds. The van der Waals surface area contributed by atoms with Gasteiger partial charge >= 0.3 is 0 Å². The van der Waals surface area contributed by atoms with Gasteiger partial charge in [0.15, 0.2) is 5.65 Å². The van der Waals surface area contributed by atoms with E-state index in [1.165, 1.54) is 11.3 Å². The lowest BCUT2D eigenvalue weighted by molar-refractivity contribution is 0.274. The van der Waals surface area contributed by atoms with Crippen molar-refractivity contribution in [2.24, 2.45) is 0 Å². The summed E-state index contributed by atoms with van der Waals surface area (Å²) in [5.74, 6) is 0. The molecule has 0 aromatic carbocycles. The second-order valence-electron chi connectivity index (χ2n) is 3.50. The number of hydrogen-bond donors (Lipinski definition) is 1. The average Bonchev–Trinajstić information content (AvgIpc) is 2.94. The van der Waals surface area contributed by atoms with E-state index in [-0.39, 0.29) is 6.61 Å². The highest BCUT2D eigenvalue weighted by Crippen LogP contribution is 2.29. The van der Waals surface area contributed by atoms with Crippen LogP contribution in [0.4, 0.5) is 0 Å². The Morgan fingerprint density at radius 1 is 1.29 bits per heavy atom. The highest BCUT2D eigenvalue weighted by atomic mass is 35.5. The summed E-state index contributed by atoms with van der Waals surface area (Å²) < 4.78 is 2.37. The summed E-state index contributed by atoms with van der Waals surface area (Å²) in [6, 6.07) is 7.53. The van der Waals surface area contributed by atoms with Crippen LogP contribution < -0.4 is 0 Å². The van der Waals surface area contributed by atoms with Gasteiger partial charge in [-0.1, -0.05) is 11.6 Å². The van der Waals surface area contributed by atoms with Crippen LogP contribution in [0.1, 0.15) is 5.69 Å². The molecule has 1 N–H and O–H groups in total. The fourth-order valence-corrected chi connectivity index (χ4v) is 2.62. The maximum atomic E-state index is 9.17. The molecule has 0 aliphatic heterocycles. The Bertz CT molecular complexity index is 676. The van der Waals surface area contributed by atoms with Crippen LogP contribution in [-0.4, -0.2) is 19.7 Å². The SMILES string of the molecule is OCc1cnc2ccc(-c3ccc(Cl)s3)nn12. The van der Waals surface area contributed by atoms with E-state index in [0.29, 0.717) is 5.69 Å². The number of hydrogen-bond acceptors (Lipinski definition) is 4. The summed E-state index contributed by atoms with van der Waals surface area (Å²) in [5, 5.41) is 13.6. The summed E-state index contributed by atoms with van der Waals surface area (Å²) in [6.07, 6.45) is 1.62. The van der Waals surface area contributed by atoms with Crippen molar-refractivity contribution in [3.8, 4) is 10.6 Å². The predicted octanol–water partition coefficient (Wildman–Crippen LogP) is 2.60. The molecule has 0 radical (unpaired) electrons. The summed E-state index contributed by atoms with van der Waals surface area (Å²) in [5.41, 5.74) is 2.21. The molecule has 0 atom stereocenters. The van der Waals surface area contributed by atoms with Gasteiger partial charge in [0.2, 0.25) is 0 Å². The van der Waals surface area contributed by atoms with Gasteiger partial charge in [0.25, 0.3) is 0 Å². The Kier molecular flexibility index (Phi) is 2.58. The maximum absolute atomic E-state index is 9.17. The van der Waals surface area contributed by atoms with Gasteiger partial charge in [0, 0.05) is 0 Å². The molecular formula is C11H8ClN3OS. The van der Waals surface area contributed by atoms with E-state index in [2.05, 4.69) is 10.1 Å². The first-order valence-corrected chi connectivity index (χ1v) is 6.17. The summed E-state index contributed by atoms with van der Waals surface area (Å²) in [7, 11) is 0. The van der Waals surface area contributed by atoms with E-state index < -0.39 is 0 Å². The molecule has 0 spiro atoms. The van der Waals surface area contributed by atoms with E-state index in [1.807, 2.05) is 24.3 Å². The highest BCUT2D eigenvalue weighted by molar-refractivity contribution is 7.19. The zero-order chi connectivity index (χ0) is 11.8. The second kappa shape index (κ2) is 4.10. The van der Waals surface area contributed by atoms with Crippen molar-refractivity contribution in [1.29, 1.82) is 0 Å². The number of imidazole rings is 1. The number of aromatic nitrogens is 3. The smallest absolute Gasteiger partial charge is 0.153 e. The lowest BCUT2D eigenvalue weighted by Crippen LogP contribution is -1.98. The first-order valence-electron chi connectivity index (χ1n) is 4.98. The standard InChI is InChI=1S/C11H8ClN3OS/c12-10-3-2-9(17-10)8-1-4-11-13-5-7(6-16)15(11)14-8/h1-5,16H,6H2. The largest absolute Gasteiger partial charge is 0.390 e. The molecule has 86 valence electrons. The van der Waals surface area contributed by atoms with Gasteiger partial charge in [0.1, 0.15) is 5.69 Å². The number of halogens is 1. The third-order valence-electron chi connectivity index (χ3n) is 2.42. The molecule has 0 bridgehead atoms. The Balaban J connectivity index is 2.18. The van der Waals surface area contributed by atoms with Crippen molar-refractivity contribution >= 4 is 28.6 Å². The van der Waals surface area contributed by atoms with Gasteiger partial charge in [-0.25, -0.2) is 9.50 Å². The number of nitrogens with zero attached hydrogens (tertiary/aromatic N) is 3. The molecule has 0 aliphatic rings. The topological polar surface area (TPSA) is 50.4 Å². The lowest BCUT2D eigenvalue weighted by atomic mass is 10.3. The molecule has 3 rings (SSSR count). The van der Waals surface area contributed by atoms with Crippen LogP contribution in [0.2, 0.25) is 4.34 Å². The quantitative estimate of drug-likeness (QED) is 0.775. The Morgan fingerprint density at radius 3 is 2.88 bits per heavy atom. The van der Waals surface area contributed by atoms with Gasteiger partial charge in [-0.3, -0.25) is 0 Å². The van der Waals surface area contributed by atoms with Crippen LogP contribution in [0, 0.1) is 0 Å². The molecule has 0 unspecified atom stereocenters. The fraction of sp³-hybridized carbons (Fsp3) is 0.0909. The van der Waals surface area contributed by atoms with Crippen LogP contribution in [0.25, 0.3) is 16.2 Å². The number of aliphatic hydroxyl groups excluding tert-OH is 1. The van der Waals surface area contributed by atoms with E-state index in [0.717, 1.165) is 20.6 Å². The molecule has 0 saturated carbocycles. The minimum atomic E-state index is -0.0805. The van der Waals surface area contributed by atoms with Crippen LogP contribution in [0.5, 0.6) is 0 Å². The maximum Gasteiger partial charge on any atom is 0.153 e. The summed E-state index contributed by atoms with van der Waals surface area (Å²) >= 11 is 7.37. The molecule has 17 heavy (non-hydrogen) atoms. The van der Waals surface area contributed by atoms with E-state index in [1.54, 1.807) is 10.7 Å². The molecule has 4 nitrogen and oxygen atoms in total. The van der Waals surface area contributed by atoms with Crippen molar-refractivity contribution in [3.05, 3.63) is 40.5 Å². The van der Waals surface area contributed by atoms with Gasteiger partial charge in [-0.15, -0.1) is 11.3 Å². The van der Waals surface area contributed by atoms with Gasteiger partial charge in [-0.2, -0.15) is 5.10 Å². The van der Waals surface area contributed by atoms with Gasteiger partial charge in [0.05, 0.1) is 27.7 Å². The number of rotatable bonds is 2. The predicted molar refractivity (Wildman–Crippen MR) is 67.2 cm³/mol. The molecule has 3 aromatic heterocycles. The molecule has 0 aliphatic carbocycles. The van der Waals surface area contributed by atoms with E-state index in [4.69, 9.17) is 11.6 Å². The third-order valence-corrected chi connectivity index (χ3v) is 3.67. The van der Waals surface area contributed by atoms with Crippen LogP contribution in [0.15, 0.2) is 30.5 Å². The molecule has 6 heteroatoms. The van der Waals surface area contributed by atoms with Crippen molar-refractivity contribution in [2.45, 2.75) is 6.61 Å². The minimum Gasteiger partial charge on any atom is -0.390 e. The number of fused-ring (bicyclic) bond motifs is 1. The zero-order valence-corrected chi connectivity index (χ0v) is 10.2. The molecule has 0 saturated heterocycles. The zero-order valence-electron chi connectivity index (χ0n) is 8.67. The Labute approximate surface area is 106 Å². The van der Waals surface area contributed by atoms with Crippen molar-refractivity contribution in [2.75, 3.05) is 0 Å². The molecule has 3 heterocycles. The first-order chi connectivity index (χ1) is 8.28. The Hall–Kier alpha value is -1.43. The normalized spacial score (nSPS) is 11.2. The number of thiophene rings is 1. The van der Waals surface area contributed by atoms with E-state index in [9.17, 15) is 5.11 Å². The lowest BCUT2D eigenvalue weighted by Gasteiger charge is -2.00. The molecular weight excluding hydrogens is 258 g/mol. The van der Waals surface area contributed by atoms with Crippen molar-refractivity contribution < 1.29 is 5.11 Å². The average molecular weight is 266 g/mol. The highest BCUT2D eigenvalue weighted by Gasteiger charge is 2.07.